The Morgan fingerprint density at radius 2 is 1.88 bits per heavy atom. The molecule has 0 saturated heterocycles. The first kappa shape index (κ1) is 16.6. The Hall–Kier alpha value is -3.21. The van der Waals surface area contributed by atoms with Gasteiger partial charge in [0.15, 0.2) is 0 Å². The summed E-state index contributed by atoms with van der Waals surface area (Å²) in [4.78, 5) is 16.6. The summed E-state index contributed by atoms with van der Waals surface area (Å²) in [7, 11) is 0. The lowest BCUT2D eigenvalue weighted by Crippen LogP contribution is -2.20. The fourth-order valence-corrected chi connectivity index (χ4v) is 2.80. The van der Waals surface area contributed by atoms with E-state index in [-0.39, 0.29) is 5.91 Å². The lowest BCUT2D eigenvalue weighted by molar-refractivity contribution is 0.0954. The van der Waals surface area contributed by atoms with Gasteiger partial charge in [-0.3, -0.25) is 9.78 Å². The van der Waals surface area contributed by atoms with Crippen LogP contribution in [0.1, 0.15) is 34.2 Å². The first-order chi connectivity index (χ1) is 12.1. The summed E-state index contributed by atoms with van der Waals surface area (Å²) in [6, 6.07) is 15.6. The summed E-state index contributed by atoms with van der Waals surface area (Å²) in [5.74, 6) is -0.224. The predicted molar refractivity (Wildman–Crippen MR) is 99.2 cm³/mol. The van der Waals surface area contributed by atoms with Crippen molar-refractivity contribution in [2.24, 2.45) is 5.10 Å². The summed E-state index contributed by atoms with van der Waals surface area (Å²) < 4.78 is 2.06. The van der Waals surface area contributed by atoms with E-state index in [1.807, 2.05) is 69.3 Å². The molecule has 0 fully saturated rings. The molecule has 0 bridgehead atoms. The summed E-state index contributed by atoms with van der Waals surface area (Å²) in [5.41, 5.74) is 7.75. The van der Waals surface area contributed by atoms with E-state index in [0.717, 1.165) is 22.6 Å². The highest BCUT2D eigenvalue weighted by atomic mass is 16.2. The first-order valence-electron chi connectivity index (χ1n) is 8.07. The highest BCUT2D eigenvalue weighted by molar-refractivity contribution is 6.01. The number of pyridine rings is 1. The van der Waals surface area contributed by atoms with Gasteiger partial charge in [0.25, 0.3) is 5.91 Å². The number of hydrazone groups is 1. The number of amides is 1. The fourth-order valence-electron chi connectivity index (χ4n) is 2.80. The second kappa shape index (κ2) is 7.13. The normalized spacial score (nSPS) is 11.4. The number of aromatic nitrogens is 2. The van der Waals surface area contributed by atoms with Crippen molar-refractivity contribution in [3.63, 3.8) is 0 Å². The molecule has 0 aliphatic carbocycles. The van der Waals surface area contributed by atoms with Gasteiger partial charge in [-0.05, 0) is 45.0 Å². The number of rotatable bonds is 4. The van der Waals surface area contributed by atoms with Crippen LogP contribution in [0.5, 0.6) is 0 Å². The van der Waals surface area contributed by atoms with E-state index in [4.69, 9.17) is 0 Å². The van der Waals surface area contributed by atoms with E-state index in [0.29, 0.717) is 11.3 Å². The Morgan fingerprint density at radius 3 is 2.56 bits per heavy atom. The molecule has 5 nitrogen and oxygen atoms in total. The number of carbonyl (C=O) groups is 1. The summed E-state index contributed by atoms with van der Waals surface area (Å²) >= 11 is 0. The SMILES string of the molecule is C/C(=N/NC(=O)c1cc(C)n(-c2ccccc2)c1C)c1cccnc1. The van der Waals surface area contributed by atoms with E-state index < -0.39 is 0 Å². The number of para-hydroxylation sites is 1. The maximum atomic E-state index is 12.6. The maximum Gasteiger partial charge on any atom is 0.273 e. The molecular formula is C20H20N4O. The molecule has 1 N–H and O–H groups in total. The Labute approximate surface area is 147 Å². The van der Waals surface area contributed by atoms with Gasteiger partial charge in [0, 0.05) is 35.0 Å². The van der Waals surface area contributed by atoms with Gasteiger partial charge in [0.05, 0.1) is 11.3 Å². The monoisotopic (exact) mass is 332 g/mol. The molecule has 5 heteroatoms. The van der Waals surface area contributed by atoms with Gasteiger partial charge in [-0.1, -0.05) is 24.3 Å². The van der Waals surface area contributed by atoms with E-state index in [2.05, 4.69) is 20.1 Å². The van der Waals surface area contributed by atoms with Crippen LogP contribution in [0.15, 0.2) is 66.0 Å². The van der Waals surface area contributed by atoms with Crippen LogP contribution in [-0.4, -0.2) is 21.2 Å². The number of hydrogen-bond acceptors (Lipinski definition) is 3. The number of nitrogens with one attached hydrogen (secondary N) is 1. The Kier molecular flexibility index (Phi) is 4.75. The first-order valence-corrected chi connectivity index (χ1v) is 8.07. The molecule has 3 aromatic rings. The molecule has 126 valence electrons. The molecule has 0 unspecified atom stereocenters. The number of aryl methyl sites for hydroxylation is 1. The quantitative estimate of drug-likeness (QED) is 0.586. The number of hydrogen-bond donors (Lipinski definition) is 1. The lowest BCUT2D eigenvalue weighted by atomic mass is 10.2. The molecule has 0 spiro atoms. The van der Waals surface area contributed by atoms with Crippen molar-refractivity contribution in [1.29, 1.82) is 0 Å². The van der Waals surface area contributed by atoms with Crippen molar-refractivity contribution < 1.29 is 4.79 Å². The number of carbonyl (C=O) groups excluding carboxylic acids is 1. The molecule has 0 saturated carbocycles. The van der Waals surface area contributed by atoms with Gasteiger partial charge in [-0.25, -0.2) is 5.43 Å². The van der Waals surface area contributed by atoms with Gasteiger partial charge < -0.3 is 4.57 Å². The van der Waals surface area contributed by atoms with Crippen molar-refractivity contribution in [2.75, 3.05) is 0 Å². The van der Waals surface area contributed by atoms with Crippen LogP contribution in [0.2, 0.25) is 0 Å². The second-order valence-electron chi connectivity index (χ2n) is 5.84. The van der Waals surface area contributed by atoms with E-state index in [1.54, 1.807) is 12.4 Å². The largest absolute Gasteiger partial charge is 0.318 e. The average molecular weight is 332 g/mol. The molecule has 25 heavy (non-hydrogen) atoms. The summed E-state index contributed by atoms with van der Waals surface area (Å²) in [5, 5.41) is 4.19. The van der Waals surface area contributed by atoms with Crippen LogP contribution in [0, 0.1) is 13.8 Å². The topological polar surface area (TPSA) is 59.3 Å². The van der Waals surface area contributed by atoms with Gasteiger partial charge in [-0.2, -0.15) is 5.10 Å². The molecule has 1 amide bonds. The molecule has 0 aliphatic heterocycles. The van der Waals surface area contributed by atoms with Crippen molar-refractivity contribution in [3.8, 4) is 5.69 Å². The molecule has 0 radical (unpaired) electrons. The van der Waals surface area contributed by atoms with Crippen molar-refractivity contribution in [3.05, 3.63) is 83.4 Å². The van der Waals surface area contributed by atoms with E-state index in [1.165, 1.54) is 0 Å². The molecule has 1 aromatic carbocycles. The lowest BCUT2D eigenvalue weighted by Gasteiger charge is -2.09. The summed E-state index contributed by atoms with van der Waals surface area (Å²) in [6.07, 6.45) is 3.42. The molecule has 2 aromatic heterocycles. The third-order valence-corrected chi connectivity index (χ3v) is 4.09. The van der Waals surface area contributed by atoms with Gasteiger partial charge in [-0.15, -0.1) is 0 Å². The highest BCUT2D eigenvalue weighted by Gasteiger charge is 2.16. The molecular weight excluding hydrogens is 312 g/mol. The molecule has 2 heterocycles. The number of benzene rings is 1. The zero-order valence-corrected chi connectivity index (χ0v) is 14.5. The van der Waals surface area contributed by atoms with Crippen molar-refractivity contribution in [1.82, 2.24) is 15.0 Å². The van der Waals surface area contributed by atoms with Crippen molar-refractivity contribution in [2.45, 2.75) is 20.8 Å². The van der Waals surface area contributed by atoms with E-state index in [9.17, 15) is 4.79 Å². The van der Waals surface area contributed by atoms with Crippen molar-refractivity contribution >= 4 is 11.6 Å². The standard InChI is InChI=1S/C20H20N4O/c1-14-12-19(16(3)24(14)18-9-5-4-6-10-18)20(25)23-22-15(2)17-8-7-11-21-13-17/h4-13H,1-3H3,(H,23,25)/b22-15-. The summed E-state index contributed by atoms with van der Waals surface area (Å²) in [6.45, 7) is 5.76. The van der Waals surface area contributed by atoms with Gasteiger partial charge >= 0.3 is 0 Å². The smallest absolute Gasteiger partial charge is 0.273 e. The zero-order valence-electron chi connectivity index (χ0n) is 14.5. The molecule has 3 rings (SSSR count). The Bertz CT molecular complexity index is 912. The number of nitrogens with zero attached hydrogens (tertiary/aromatic N) is 3. The fraction of sp³-hybridized carbons (Fsp3) is 0.150. The predicted octanol–water partition coefficient (Wildman–Crippen LogP) is 3.64. The zero-order chi connectivity index (χ0) is 17.8. The van der Waals surface area contributed by atoms with Crippen LogP contribution in [0.3, 0.4) is 0 Å². The third kappa shape index (κ3) is 3.50. The van der Waals surface area contributed by atoms with Crippen LogP contribution in [0.25, 0.3) is 5.69 Å². The highest BCUT2D eigenvalue weighted by Crippen LogP contribution is 2.20. The maximum absolute atomic E-state index is 12.6. The van der Waals surface area contributed by atoms with Crippen LogP contribution in [-0.2, 0) is 0 Å². The minimum absolute atomic E-state index is 0.224. The average Bonchev–Trinajstić information content (AvgIpc) is 2.95. The molecule has 0 atom stereocenters. The Balaban J connectivity index is 1.84. The van der Waals surface area contributed by atoms with Crippen LogP contribution in [0.4, 0.5) is 0 Å². The van der Waals surface area contributed by atoms with Gasteiger partial charge in [0.1, 0.15) is 0 Å². The van der Waals surface area contributed by atoms with Gasteiger partial charge in [0.2, 0.25) is 0 Å². The van der Waals surface area contributed by atoms with E-state index >= 15 is 0 Å². The van der Waals surface area contributed by atoms with Crippen LogP contribution >= 0.6 is 0 Å². The minimum Gasteiger partial charge on any atom is -0.318 e. The third-order valence-electron chi connectivity index (χ3n) is 4.09. The van der Waals surface area contributed by atoms with Crippen LogP contribution < -0.4 is 5.43 Å². The minimum atomic E-state index is -0.224. The second-order valence-corrected chi connectivity index (χ2v) is 5.84. The molecule has 0 aliphatic rings. The Morgan fingerprint density at radius 1 is 1.12 bits per heavy atom.